The van der Waals surface area contributed by atoms with Crippen LogP contribution in [-0.2, 0) is 19.1 Å². The summed E-state index contributed by atoms with van der Waals surface area (Å²) < 4.78 is 6.08. The molecule has 0 spiro atoms. The molecule has 8 N–H and O–H groups in total. The fourth-order valence-electron chi connectivity index (χ4n) is 8.73. The number of hydrogen-bond donors (Lipinski definition) is 7. The number of hydrogen-bond acceptors (Lipinski definition) is 11. The number of phenolic OH excluding ortho intramolecular Hbond substituents is 1. The lowest BCUT2D eigenvalue weighted by molar-refractivity contribution is -0.181. The molecule has 2 fully saturated rings. The van der Waals surface area contributed by atoms with Crippen molar-refractivity contribution in [2.45, 2.75) is 81.2 Å². The van der Waals surface area contributed by atoms with E-state index in [0.29, 0.717) is 18.4 Å². The number of unbranched alkanes of at least 4 members (excludes halogenated alkanes) is 1. The first-order valence-corrected chi connectivity index (χ1v) is 15.9. The lowest BCUT2D eigenvalue weighted by atomic mass is 9.55. The molecule has 252 valence electrons. The van der Waals surface area contributed by atoms with Crippen molar-refractivity contribution in [3.8, 4) is 5.75 Å². The molecule has 6 rings (SSSR count). The number of aromatic hydroxyl groups is 1. The molecule has 0 bridgehead atoms. The van der Waals surface area contributed by atoms with Gasteiger partial charge in [0.15, 0.2) is 11.4 Å². The molecule has 1 aliphatic heterocycles. The molecule has 1 saturated heterocycles. The number of phenols is 1. The predicted octanol–water partition coefficient (Wildman–Crippen LogP) is 1.22. The highest BCUT2D eigenvalue weighted by molar-refractivity contribution is 6.25. The number of nitrogens with two attached hydrogens (primary N) is 1. The van der Waals surface area contributed by atoms with Crippen molar-refractivity contribution in [2.24, 2.45) is 23.5 Å². The highest BCUT2D eigenvalue weighted by Crippen LogP contribution is 2.56. The molecule has 1 heterocycles. The van der Waals surface area contributed by atoms with Gasteiger partial charge in [-0.3, -0.25) is 24.1 Å². The van der Waals surface area contributed by atoms with Crippen molar-refractivity contribution in [3.05, 3.63) is 52.0 Å². The van der Waals surface area contributed by atoms with Crippen LogP contribution in [0.5, 0.6) is 5.75 Å². The van der Waals surface area contributed by atoms with Crippen LogP contribution in [0.25, 0.3) is 0 Å². The number of aliphatic hydroxyl groups is 3. The number of ketones is 2. The Morgan fingerprint density at radius 2 is 1.81 bits per heavy atom. The Morgan fingerprint density at radius 1 is 1.09 bits per heavy atom. The van der Waals surface area contributed by atoms with Crippen LogP contribution >= 0.6 is 0 Å². The van der Waals surface area contributed by atoms with Crippen molar-refractivity contribution in [1.82, 2.24) is 15.5 Å². The van der Waals surface area contributed by atoms with Crippen molar-refractivity contribution in [2.75, 3.05) is 14.1 Å². The number of carbonyl (C=O) groups excluding carboxylic acids is 5. The van der Waals surface area contributed by atoms with Gasteiger partial charge in [-0.15, -0.1) is 0 Å². The molecule has 14 heteroatoms. The van der Waals surface area contributed by atoms with Gasteiger partial charge < -0.3 is 41.5 Å². The van der Waals surface area contributed by atoms with E-state index in [9.17, 15) is 44.4 Å². The van der Waals surface area contributed by atoms with Crippen LogP contribution in [0.4, 0.5) is 4.79 Å². The minimum atomic E-state index is -2.99. The Kier molecular flexibility index (Phi) is 8.07. The molecular weight excluding hydrogens is 612 g/mol. The second-order valence-corrected chi connectivity index (χ2v) is 13.6. The summed E-state index contributed by atoms with van der Waals surface area (Å²) in [6, 6.07) is 3.11. The molecule has 1 saturated carbocycles. The lowest BCUT2D eigenvalue weighted by Crippen LogP contribution is -2.69. The monoisotopic (exact) mass is 652 g/mol. The Balaban J connectivity index is 1.35. The molecule has 4 aliphatic carbocycles. The van der Waals surface area contributed by atoms with E-state index < -0.39 is 81.6 Å². The Bertz CT molecular complexity index is 1630. The number of likely N-dealkylation sites (N-methyl/N-ethyl adjacent to an activating group) is 1. The van der Waals surface area contributed by atoms with Gasteiger partial charge in [0.05, 0.1) is 29.6 Å². The number of carbonyl (C=O) groups is 5. The molecule has 0 radical (unpaired) electrons. The summed E-state index contributed by atoms with van der Waals surface area (Å²) in [4.78, 5) is 66.9. The summed E-state index contributed by atoms with van der Waals surface area (Å²) in [6.07, 6.45) is 2.22. The van der Waals surface area contributed by atoms with E-state index in [0.717, 1.165) is 19.3 Å². The number of esters is 1. The molecule has 9 atom stereocenters. The van der Waals surface area contributed by atoms with E-state index >= 15 is 0 Å². The number of nitrogens with one attached hydrogen (secondary N) is 2. The molecule has 3 unspecified atom stereocenters. The number of rotatable bonds is 8. The SMILES string of the molecule is C[C@@H]1c2cccc(O)c2C(=O)C2=C(O)[C@@]3(O)C(=O)C(C(N)=O)=C(O)[C@H](N(C)C)[C@H]3[C@H](OC(=O)CCCCC3CCC4NC(=O)NC34)[C@H]21. The second kappa shape index (κ2) is 11.7. The number of benzene rings is 1. The van der Waals surface area contributed by atoms with Gasteiger partial charge in [0.2, 0.25) is 5.78 Å². The zero-order valence-electron chi connectivity index (χ0n) is 26.4. The third-order valence-electron chi connectivity index (χ3n) is 10.8. The first-order valence-electron chi connectivity index (χ1n) is 15.9. The van der Waals surface area contributed by atoms with Crippen molar-refractivity contribution in [1.29, 1.82) is 0 Å². The number of primary amides is 1. The normalized spacial score (nSPS) is 34.4. The maximum absolute atomic E-state index is 14.0. The fraction of sp³-hybridized carbons (Fsp3) is 0.545. The molecule has 0 aromatic heterocycles. The third kappa shape index (κ3) is 4.87. The zero-order chi connectivity index (χ0) is 34.1. The van der Waals surface area contributed by atoms with Crippen LogP contribution in [0, 0.1) is 17.8 Å². The van der Waals surface area contributed by atoms with Crippen LogP contribution < -0.4 is 16.4 Å². The lowest BCUT2D eigenvalue weighted by Gasteiger charge is -2.54. The van der Waals surface area contributed by atoms with Crippen LogP contribution in [0.15, 0.2) is 40.9 Å². The summed E-state index contributed by atoms with van der Waals surface area (Å²) in [7, 11) is 3.01. The number of urea groups is 1. The fourth-order valence-corrected chi connectivity index (χ4v) is 8.73. The molecule has 3 amide bonds. The van der Waals surface area contributed by atoms with Gasteiger partial charge in [0.25, 0.3) is 5.91 Å². The molecule has 5 aliphatic rings. The van der Waals surface area contributed by atoms with Gasteiger partial charge in [0.1, 0.15) is 28.9 Å². The Labute approximate surface area is 270 Å². The van der Waals surface area contributed by atoms with Crippen LogP contribution in [0.2, 0.25) is 0 Å². The number of Topliss-reactive ketones (excluding diaryl/α,β-unsaturated/α-hetero) is 2. The quantitative estimate of drug-likeness (QED) is 0.120. The first kappa shape index (κ1) is 32.5. The van der Waals surface area contributed by atoms with Gasteiger partial charge >= 0.3 is 12.0 Å². The van der Waals surface area contributed by atoms with Crippen LogP contribution in [0.1, 0.15) is 67.3 Å². The summed E-state index contributed by atoms with van der Waals surface area (Å²) in [5.41, 5.74) is 1.37. The van der Waals surface area contributed by atoms with Gasteiger partial charge in [0, 0.05) is 17.9 Å². The van der Waals surface area contributed by atoms with Crippen LogP contribution in [-0.4, -0.2) is 98.7 Å². The van der Waals surface area contributed by atoms with Crippen molar-refractivity contribution >= 4 is 29.5 Å². The number of ether oxygens (including phenoxy) is 1. The second-order valence-electron chi connectivity index (χ2n) is 13.6. The average molecular weight is 653 g/mol. The van der Waals surface area contributed by atoms with E-state index in [2.05, 4.69) is 10.6 Å². The molecule has 1 aromatic carbocycles. The largest absolute Gasteiger partial charge is 0.510 e. The maximum Gasteiger partial charge on any atom is 0.315 e. The van der Waals surface area contributed by atoms with E-state index in [1.165, 1.54) is 25.1 Å². The van der Waals surface area contributed by atoms with E-state index in [1.54, 1.807) is 19.1 Å². The summed E-state index contributed by atoms with van der Waals surface area (Å²) >= 11 is 0. The first-order chi connectivity index (χ1) is 22.2. The zero-order valence-corrected chi connectivity index (χ0v) is 26.4. The molecule has 14 nitrogen and oxygen atoms in total. The average Bonchev–Trinajstić information content (AvgIpc) is 3.55. The standard InChI is InChI=1S/C33H40N4O10/c1-13-15-8-6-9-17(38)20(15)26(40)21-19(13)28(47-18(39)10-5-4-7-14-11-12-16-24(14)36-32(45)35-16)23-25(37(2)3)27(41)22(31(34)44)30(43)33(23,46)29(21)42/h6,8-9,13-14,16,19,23-25,28,38,41-42,46H,4-5,7,10-12H2,1-3H3,(H2,34,44)(H2,35,36,45)/t13-,14?,16?,19+,23+,24?,25-,28-,33-/m1/s1. The maximum atomic E-state index is 14.0. The van der Waals surface area contributed by atoms with E-state index in [1.807, 2.05) is 0 Å². The van der Waals surface area contributed by atoms with Gasteiger partial charge in [-0.2, -0.15) is 0 Å². The van der Waals surface area contributed by atoms with Crippen molar-refractivity contribution in [3.63, 3.8) is 0 Å². The van der Waals surface area contributed by atoms with E-state index in [-0.39, 0.29) is 41.8 Å². The Hall–Kier alpha value is -4.43. The number of fused-ring (bicyclic) bond motifs is 4. The van der Waals surface area contributed by atoms with E-state index in [4.69, 9.17) is 10.5 Å². The third-order valence-corrected chi connectivity index (χ3v) is 10.8. The smallest absolute Gasteiger partial charge is 0.315 e. The topological polar surface area (TPSA) is 229 Å². The van der Waals surface area contributed by atoms with Crippen LogP contribution in [0.3, 0.4) is 0 Å². The van der Waals surface area contributed by atoms with Gasteiger partial charge in [-0.05, 0) is 63.2 Å². The number of nitrogens with zero attached hydrogens (tertiary/aromatic N) is 1. The van der Waals surface area contributed by atoms with Gasteiger partial charge in [-0.1, -0.05) is 25.5 Å². The van der Waals surface area contributed by atoms with Crippen molar-refractivity contribution < 1.29 is 49.1 Å². The molecular formula is C33H40N4O10. The number of aliphatic hydroxyl groups excluding tert-OH is 2. The summed E-state index contributed by atoms with van der Waals surface area (Å²) in [6.45, 7) is 1.71. The summed E-state index contributed by atoms with van der Waals surface area (Å²) in [5, 5.41) is 51.6. The highest BCUT2D eigenvalue weighted by atomic mass is 16.5. The highest BCUT2D eigenvalue weighted by Gasteiger charge is 2.68. The predicted molar refractivity (Wildman–Crippen MR) is 164 cm³/mol. The minimum Gasteiger partial charge on any atom is -0.510 e. The van der Waals surface area contributed by atoms with Gasteiger partial charge in [-0.25, -0.2) is 4.79 Å². The molecule has 1 aromatic rings. The molecule has 47 heavy (non-hydrogen) atoms. The minimum absolute atomic E-state index is 0.0422. The Morgan fingerprint density at radius 3 is 2.49 bits per heavy atom. The number of amides is 3. The summed E-state index contributed by atoms with van der Waals surface area (Å²) in [5.74, 6) is -9.58.